The molecular weight excluding hydrogens is 312 g/mol. The van der Waals surface area contributed by atoms with Gasteiger partial charge in [-0.2, -0.15) is 0 Å². The Morgan fingerprint density at radius 2 is 2.21 bits per heavy atom. The van der Waals surface area contributed by atoms with Crippen LogP contribution in [0.3, 0.4) is 0 Å². The van der Waals surface area contributed by atoms with Gasteiger partial charge < -0.3 is 0 Å². The molecule has 1 aliphatic rings. The first-order valence-electron chi connectivity index (χ1n) is 7.38. The van der Waals surface area contributed by atoms with E-state index in [4.69, 9.17) is 5.53 Å². The highest BCUT2D eigenvalue weighted by molar-refractivity contribution is 5.99. The van der Waals surface area contributed by atoms with Crippen LogP contribution in [0.4, 0.5) is 0 Å². The minimum atomic E-state index is -0.757. The number of para-hydroxylation sites is 1. The van der Waals surface area contributed by atoms with E-state index in [1.807, 2.05) is 0 Å². The maximum absolute atomic E-state index is 12.9. The number of imide groups is 1. The molecule has 24 heavy (non-hydrogen) atoms. The van der Waals surface area contributed by atoms with Gasteiger partial charge in [0.15, 0.2) is 0 Å². The predicted octanol–water partition coefficient (Wildman–Crippen LogP) is 1.49. The van der Waals surface area contributed by atoms with Crippen LogP contribution in [0, 0.1) is 6.92 Å². The molecule has 1 unspecified atom stereocenters. The van der Waals surface area contributed by atoms with E-state index in [2.05, 4.69) is 20.3 Å². The summed E-state index contributed by atoms with van der Waals surface area (Å²) in [6.45, 7) is 1.72. The van der Waals surface area contributed by atoms with E-state index >= 15 is 0 Å². The zero-order valence-corrected chi connectivity index (χ0v) is 12.9. The number of fused-ring (bicyclic) bond motifs is 1. The van der Waals surface area contributed by atoms with Gasteiger partial charge in [0.1, 0.15) is 11.9 Å². The van der Waals surface area contributed by atoms with Gasteiger partial charge in [0, 0.05) is 11.3 Å². The first kappa shape index (κ1) is 15.7. The van der Waals surface area contributed by atoms with Crippen LogP contribution in [0.5, 0.6) is 0 Å². The summed E-state index contributed by atoms with van der Waals surface area (Å²) in [5, 5.41) is 6.11. The summed E-state index contributed by atoms with van der Waals surface area (Å²) in [5.74, 6) is -0.467. The third-order valence-electron chi connectivity index (χ3n) is 4.02. The molecule has 1 atom stereocenters. The van der Waals surface area contributed by atoms with E-state index in [1.165, 1.54) is 4.57 Å². The Morgan fingerprint density at radius 3 is 2.92 bits per heavy atom. The second-order valence-electron chi connectivity index (χ2n) is 5.50. The Balaban J connectivity index is 2.18. The molecule has 122 valence electrons. The van der Waals surface area contributed by atoms with Crippen LogP contribution in [-0.4, -0.2) is 21.4 Å². The largest absolute Gasteiger partial charge is 0.295 e. The van der Waals surface area contributed by atoms with Gasteiger partial charge in [0.05, 0.1) is 17.4 Å². The second kappa shape index (κ2) is 6.13. The van der Waals surface area contributed by atoms with Crippen molar-refractivity contribution >= 4 is 22.7 Å². The van der Waals surface area contributed by atoms with Crippen molar-refractivity contribution in [2.45, 2.75) is 32.4 Å². The molecule has 0 bridgehead atoms. The van der Waals surface area contributed by atoms with Gasteiger partial charge in [0.25, 0.3) is 5.56 Å². The standard InChI is InChI=1S/C15H14N6O3/c1-8-18-13-9(7-17-20-16)3-2-4-10(13)15(24)21(8)11-5-6-12(22)19-14(11)23/h2-4,11H,5-7H2,1H3,(H,19,22,23). The van der Waals surface area contributed by atoms with Crippen molar-refractivity contribution < 1.29 is 9.59 Å². The molecule has 9 heteroatoms. The van der Waals surface area contributed by atoms with Crippen LogP contribution in [0.2, 0.25) is 0 Å². The number of amides is 2. The van der Waals surface area contributed by atoms with Gasteiger partial charge in [0.2, 0.25) is 11.8 Å². The lowest BCUT2D eigenvalue weighted by atomic mass is 10.0. The number of benzene rings is 1. The average Bonchev–Trinajstić information content (AvgIpc) is 2.55. The van der Waals surface area contributed by atoms with Crippen LogP contribution in [0.1, 0.15) is 30.3 Å². The first-order chi connectivity index (χ1) is 11.5. The van der Waals surface area contributed by atoms with Crippen LogP contribution >= 0.6 is 0 Å². The lowest BCUT2D eigenvalue weighted by molar-refractivity contribution is -0.135. The minimum Gasteiger partial charge on any atom is -0.295 e. The fourth-order valence-corrected chi connectivity index (χ4v) is 2.92. The summed E-state index contributed by atoms with van der Waals surface area (Å²) in [7, 11) is 0. The maximum Gasteiger partial charge on any atom is 0.262 e. The Hall–Kier alpha value is -3.19. The molecule has 1 N–H and O–H groups in total. The van der Waals surface area contributed by atoms with Crippen molar-refractivity contribution in [2.24, 2.45) is 5.11 Å². The number of nitrogens with one attached hydrogen (secondary N) is 1. The topological polar surface area (TPSA) is 130 Å². The first-order valence-corrected chi connectivity index (χ1v) is 7.38. The highest BCUT2D eigenvalue weighted by atomic mass is 16.2. The molecule has 2 aromatic rings. The number of aromatic nitrogens is 2. The number of carbonyl (C=O) groups excluding carboxylic acids is 2. The third-order valence-corrected chi connectivity index (χ3v) is 4.02. The van der Waals surface area contributed by atoms with E-state index in [9.17, 15) is 14.4 Å². The monoisotopic (exact) mass is 326 g/mol. The molecular formula is C15H14N6O3. The van der Waals surface area contributed by atoms with E-state index in [0.29, 0.717) is 22.3 Å². The van der Waals surface area contributed by atoms with Crippen molar-refractivity contribution in [2.75, 3.05) is 0 Å². The molecule has 2 heterocycles. The summed E-state index contributed by atoms with van der Waals surface area (Å²) in [6, 6.07) is 4.27. The Kier molecular flexibility index (Phi) is 4.01. The zero-order valence-electron chi connectivity index (χ0n) is 12.9. The normalized spacial score (nSPS) is 17.5. The van der Waals surface area contributed by atoms with Crippen LogP contribution in [0.15, 0.2) is 28.1 Å². The third kappa shape index (κ3) is 2.61. The lowest BCUT2D eigenvalue weighted by Gasteiger charge is -2.24. The van der Waals surface area contributed by atoms with E-state index in [-0.39, 0.29) is 30.9 Å². The Morgan fingerprint density at radius 1 is 1.42 bits per heavy atom. The number of nitrogens with zero attached hydrogens (tertiary/aromatic N) is 5. The SMILES string of the molecule is Cc1nc2c(CN=[N+]=[N-])cccc2c(=O)n1C1CCC(=O)NC1=O. The Bertz CT molecular complexity index is 958. The number of carbonyl (C=O) groups is 2. The molecule has 2 amide bonds. The van der Waals surface area contributed by atoms with Gasteiger partial charge in [-0.25, -0.2) is 4.98 Å². The molecule has 1 aliphatic heterocycles. The van der Waals surface area contributed by atoms with Gasteiger partial charge in [-0.05, 0) is 30.5 Å². The zero-order chi connectivity index (χ0) is 17.3. The van der Waals surface area contributed by atoms with Crippen molar-refractivity contribution in [3.8, 4) is 0 Å². The number of hydrogen-bond acceptors (Lipinski definition) is 5. The van der Waals surface area contributed by atoms with E-state index in [0.717, 1.165) is 0 Å². The summed E-state index contributed by atoms with van der Waals surface area (Å²) in [5.41, 5.74) is 9.22. The average molecular weight is 326 g/mol. The highest BCUT2D eigenvalue weighted by Crippen LogP contribution is 2.21. The molecule has 0 radical (unpaired) electrons. The Labute approximate surface area is 135 Å². The molecule has 9 nitrogen and oxygen atoms in total. The smallest absolute Gasteiger partial charge is 0.262 e. The molecule has 1 aromatic carbocycles. The molecule has 1 fully saturated rings. The van der Waals surface area contributed by atoms with E-state index < -0.39 is 11.9 Å². The number of azide groups is 1. The van der Waals surface area contributed by atoms with Crippen LogP contribution < -0.4 is 10.9 Å². The second-order valence-corrected chi connectivity index (χ2v) is 5.50. The van der Waals surface area contributed by atoms with Crippen molar-refractivity contribution in [3.63, 3.8) is 0 Å². The summed E-state index contributed by atoms with van der Waals surface area (Å²) < 4.78 is 1.32. The molecule has 0 saturated carbocycles. The van der Waals surface area contributed by atoms with Gasteiger partial charge in [-0.1, -0.05) is 17.2 Å². The van der Waals surface area contributed by atoms with E-state index in [1.54, 1.807) is 25.1 Å². The maximum atomic E-state index is 12.9. The molecule has 1 saturated heterocycles. The fraction of sp³-hybridized carbons (Fsp3) is 0.333. The summed E-state index contributed by atoms with van der Waals surface area (Å²) >= 11 is 0. The molecule has 3 rings (SSSR count). The summed E-state index contributed by atoms with van der Waals surface area (Å²) in [4.78, 5) is 43.4. The summed E-state index contributed by atoms with van der Waals surface area (Å²) in [6.07, 6.45) is 0.439. The van der Waals surface area contributed by atoms with Gasteiger partial charge in [-0.15, -0.1) is 0 Å². The van der Waals surface area contributed by atoms with Crippen molar-refractivity contribution in [1.82, 2.24) is 14.9 Å². The van der Waals surface area contributed by atoms with Crippen LogP contribution in [0.25, 0.3) is 21.3 Å². The van der Waals surface area contributed by atoms with Gasteiger partial charge >= 0.3 is 0 Å². The molecule has 0 aliphatic carbocycles. The fourth-order valence-electron chi connectivity index (χ4n) is 2.92. The van der Waals surface area contributed by atoms with Crippen molar-refractivity contribution in [1.29, 1.82) is 0 Å². The predicted molar refractivity (Wildman–Crippen MR) is 85.0 cm³/mol. The lowest BCUT2D eigenvalue weighted by Crippen LogP contribution is -2.45. The van der Waals surface area contributed by atoms with Crippen molar-refractivity contribution in [3.05, 3.63) is 50.4 Å². The minimum absolute atomic E-state index is 0.0855. The van der Waals surface area contributed by atoms with Crippen LogP contribution in [-0.2, 0) is 16.1 Å². The highest BCUT2D eigenvalue weighted by Gasteiger charge is 2.30. The number of hydrogen-bond donors (Lipinski definition) is 1. The molecule has 1 aromatic heterocycles. The number of aryl methyl sites for hydroxylation is 1. The molecule has 0 spiro atoms. The quantitative estimate of drug-likeness (QED) is 0.396. The van der Waals surface area contributed by atoms with Gasteiger partial charge in [-0.3, -0.25) is 24.3 Å². The number of rotatable bonds is 3. The number of piperidine rings is 1.